The van der Waals surface area contributed by atoms with E-state index in [1.54, 1.807) is 37.0 Å². The molecule has 1 aromatic carbocycles. The van der Waals surface area contributed by atoms with E-state index in [1.165, 1.54) is 6.07 Å². The summed E-state index contributed by atoms with van der Waals surface area (Å²) >= 11 is 5.96. The van der Waals surface area contributed by atoms with Gasteiger partial charge < -0.3 is 5.73 Å². The summed E-state index contributed by atoms with van der Waals surface area (Å²) in [4.78, 5) is 0.145. The molecular formula is C13H17ClN4O2S. The summed E-state index contributed by atoms with van der Waals surface area (Å²) in [6.45, 7) is 2.07. The highest BCUT2D eigenvalue weighted by Crippen LogP contribution is 2.24. The maximum atomic E-state index is 12.4. The molecule has 0 radical (unpaired) electrons. The van der Waals surface area contributed by atoms with E-state index in [0.29, 0.717) is 21.8 Å². The first kappa shape index (κ1) is 16.0. The van der Waals surface area contributed by atoms with Crippen LogP contribution in [0.3, 0.4) is 0 Å². The van der Waals surface area contributed by atoms with Gasteiger partial charge >= 0.3 is 0 Å². The van der Waals surface area contributed by atoms with Crippen LogP contribution in [0.15, 0.2) is 29.3 Å². The third kappa shape index (κ3) is 3.62. The number of hydrogen-bond acceptors (Lipinski definition) is 4. The third-order valence-electron chi connectivity index (χ3n) is 3.15. The fourth-order valence-electron chi connectivity index (χ4n) is 2.00. The molecule has 1 aromatic heterocycles. The molecule has 0 atom stereocenters. The standard InChI is InChI=1S/C13H17ClN4O2S/c1-9-10(7-15)5-11(14)6-13(9)21(19,20)16-8-12-3-4-18(2)17-12/h3-6,16H,7-8,15H2,1-2H3. The summed E-state index contributed by atoms with van der Waals surface area (Å²) in [7, 11) is -1.90. The first-order valence-corrected chi connectivity index (χ1v) is 8.17. The monoisotopic (exact) mass is 328 g/mol. The van der Waals surface area contributed by atoms with Crippen LogP contribution >= 0.6 is 11.6 Å². The van der Waals surface area contributed by atoms with E-state index < -0.39 is 10.0 Å². The Morgan fingerprint density at radius 1 is 1.43 bits per heavy atom. The molecule has 0 unspecified atom stereocenters. The Morgan fingerprint density at radius 3 is 2.71 bits per heavy atom. The molecule has 0 spiro atoms. The quantitative estimate of drug-likeness (QED) is 0.866. The van der Waals surface area contributed by atoms with Crippen LogP contribution < -0.4 is 10.5 Å². The normalized spacial score (nSPS) is 11.8. The number of halogens is 1. The van der Waals surface area contributed by atoms with Crippen LogP contribution in [0.2, 0.25) is 5.02 Å². The van der Waals surface area contributed by atoms with Crippen molar-refractivity contribution in [3.05, 3.63) is 46.2 Å². The molecule has 1 heterocycles. The zero-order chi connectivity index (χ0) is 15.6. The lowest BCUT2D eigenvalue weighted by Crippen LogP contribution is -2.25. The van der Waals surface area contributed by atoms with Crippen molar-refractivity contribution in [1.29, 1.82) is 0 Å². The number of aryl methyl sites for hydroxylation is 1. The fraction of sp³-hybridized carbons (Fsp3) is 0.308. The Hall–Kier alpha value is -1.41. The molecule has 114 valence electrons. The van der Waals surface area contributed by atoms with Gasteiger partial charge in [-0.15, -0.1) is 0 Å². The summed E-state index contributed by atoms with van der Waals surface area (Å²) in [6, 6.07) is 4.85. The minimum absolute atomic E-state index is 0.118. The summed E-state index contributed by atoms with van der Waals surface area (Å²) in [5.41, 5.74) is 7.57. The van der Waals surface area contributed by atoms with Crippen LogP contribution in [0.25, 0.3) is 0 Å². The first-order valence-electron chi connectivity index (χ1n) is 6.31. The maximum absolute atomic E-state index is 12.4. The first-order chi connectivity index (χ1) is 9.83. The van der Waals surface area contributed by atoms with E-state index in [2.05, 4.69) is 9.82 Å². The van der Waals surface area contributed by atoms with E-state index in [1.807, 2.05) is 0 Å². The lowest BCUT2D eigenvalue weighted by atomic mass is 10.1. The van der Waals surface area contributed by atoms with Crippen LogP contribution in [-0.2, 0) is 30.2 Å². The Balaban J connectivity index is 2.29. The van der Waals surface area contributed by atoms with Gasteiger partial charge in [-0.1, -0.05) is 11.6 Å². The Bertz CT molecular complexity index is 756. The molecule has 0 aliphatic rings. The van der Waals surface area contributed by atoms with Crippen molar-refractivity contribution in [3.8, 4) is 0 Å². The molecule has 0 bridgehead atoms. The molecule has 8 heteroatoms. The van der Waals surface area contributed by atoms with Crippen molar-refractivity contribution in [2.45, 2.75) is 24.9 Å². The summed E-state index contributed by atoms with van der Waals surface area (Å²) in [6.07, 6.45) is 1.75. The van der Waals surface area contributed by atoms with Gasteiger partial charge in [0, 0.05) is 24.8 Å². The molecule has 0 saturated heterocycles. The minimum atomic E-state index is -3.67. The molecule has 6 nitrogen and oxygen atoms in total. The van der Waals surface area contributed by atoms with Gasteiger partial charge in [0.25, 0.3) is 0 Å². The van der Waals surface area contributed by atoms with Crippen LogP contribution in [0.5, 0.6) is 0 Å². The molecule has 0 aliphatic carbocycles. The van der Waals surface area contributed by atoms with Crippen LogP contribution in [0.4, 0.5) is 0 Å². The molecule has 0 amide bonds. The lowest BCUT2D eigenvalue weighted by molar-refractivity contribution is 0.578. The Kier molecular flexibility index (Phi) is 4.67. The number of benzene rings is 1. The second-order valence-corrected chi connectivity index (χ2v) is 6.87. The van der Waals surface area contributed by atoms with Gasteiger partial charge in [-0.05, 0) is 36.2 Å². The van der Waals surface area contributed by atoms with Gasteiger partial charge in [0.05, 0.1) is 17.1 Å². The lowest BCUT2D eigenvalue weighted by Gasteiger charge is -2.12. The predicted molar refractivity (Wildman–Crippen MR) is 81.3 cm³/mol. The predicted octanol–water partition coefficient (Wildman–Crippen LogP) is 1.32. The average Bonchev–Trinajstić information content (AvgIpc) is 2.84. The molecule has 21 heavy (non-hydrogen) atoms. The van der Waals surface area contributed by atoms with Gasteiger partial charge in [0.15, 0.2) is 0 Å². The number of aromatic nitrogens is 2. The minimum Gasteiger partial charge on any atom is -0.326 e. The maximum Gasteiger partial charge on any atom is 0.241 e. The van der Waals surface area contributed by atoms with Crippen LogP contribution in [-0.4, -0.2) is 18.2 Å². The highest BCUT2D eigenvalue weighted by Gasteiger charge is 2.19. The van der Waals surface area contributed by atoms with Crippen molar-refractivity contribution in [1.82, 2.24) is 14.5 Å². The fourth-order valence-corrected chi connectivity index (χ4v) is 3.62. The van der Waals surface area contributed by atoms with Crippen molar-refractivity contribution < 1.29 is 8.42 Å². The summed E-state index contributed by atoms with van der Waals surface area (Å²) in [5, 5.41) is 4.47. The van der Waals surface area contributed by atoms with E-state index >= 15 is 0 Å². The summed E-state index contributed by atoms with van der Waals surface area (Å²) < 4.78 is 28.9. The largest absolute Gasteiger partial charge is 0.326 e. The molecule has 2 rings (SSSR count). The topological polar surface area (TPSA) is 90.0 Å². The number of sulfonamides is 1. The second-order valence-electron chi connectivity index (χ2n) is 4.70. The van der Waals surface area contributed by atoms with Gasteiger partial charge in [0.1, 0.15) is 0 Å². The number of hydrogen-bond donors (Lipinski definition) is 2. The third-order valence-corrected chi connectivity index (χ3v) is 4.90. The zero-order valence-corrected chi connectivity index (χ0v) is 13.4. The molecular weight excluding hydrogens is 312 g/mol. The molecule has 0 saturated carbocycles. The molecule has 3 N–H and O–H groups in total. The van der Waals surface area contributed by atoms with Crippen molar-refractivity contribution in [2.75, 3.05) is 0 Å². The van der Waals surface area contributed by atoms with E-state index in [0.717, 1.165) is 0 Å². The van der Waals surface area contributed by atoms with Gasteiger partial charge in [-0.2, -0.15) is 5.10 Å². The summed E-state index contributed by atoms with van der Waals surface area (Å²) in [5.74, 6) is 0. The highest BCUT2D eigenvalue weighted by molar-refractivity contribution is 7.89. The Labute approximate surface area is 129 Å². The highest BCUT2D eigenvalue weighted by atomic mass is 35.5. The number of nitrogens with zero attached hydrogens (tertiary/aromatic N) is 2. The average molecular weight is 329 g/mol. The van der Waals surface area contributed by atoms with Crippen LogP contribution in [0, 0.1) is 6.92 Å². The molecule has 0 aliphatic heterocycles. The smallest absolute Gasteiger partial charge is 0.241 e. The van der Waals surface area contributed by atoms with Gasteiger partial charge in [-0.25, -0.2) is 13.1 Å². The zero-order valence-electron chi connectivity index (χ0n) is 11.8. The molecule has 2 aromatic rings. The Morgan fingerprint density at radius 2 is 2.14 bits per heavy atom. The van der Waals surface area contributed by atoms with E-state index in [4.69, 9.17) is 17.3 Å². The SMILES string of the molecule is Cc1c(CN)cc(Cl)cc1S(=O)(=O)NCc1ccn(C)n1. The number of nitrogens with two attached hydrogens (primary N) is 1. The van der Waals surface area contributed by atoms with Gasteiger partial charge in [0.2, 0.25) is 10.0 Å². The number of rotatable bonds is 5. The van der Waals surface area contributed by atoms with Crippen molar-refractivity contribution >= 4 is 21.6 Å². The molecule has 0 fully saturated rings. The number of nitrogens with one attached hydrogen (secondary N) is 1. The second kappa shape index (κ2) is 6.15. The van der Waals surface area contributed by atoms with Crippen molar-refractivity contribution in [3.63, 3.8) is 0 Å². The van der Waals surface area contributed by atoms with E-state index in [-0.39, 0.29) is 18.0 Å². The van der Waals surface area contributed by atoms with E-state index in [9.17, 15) is 8.42 Å². The van der Waals surface area contributed by atoms with Crippen molar-refractivity contribution in [2.24, 2.45) is 12.8 Å². The van der Waals surface area contributed by atoms with Crippen LogP contribution in [0.1, 0.15) is 16.8 Å². The van der Waals surface area contributed by atoms with Gasteiger partial charge in [-0.3, -0.25) is 4.68 Å².